The van der Waals surface area contributed by atoms with Gasteiger partial charge in [-0.3, -0.25) is 24.3 Å². The number of methoxy groups -OCH3 is 1. The summed E-state index contributed by atoms with van der Waals surface area (Å²) in [5.41, 5.74) is 1.18. The Kier molecular flexibility index (Phi) is 5.59. The molecule has 1 amide bonds. The number of fused-ring (bicyclic) bond motifs is 1. The van der Waals surface area contributed by atoms with Crippen molar-refractivity contribution < 1.29 is 19.2 Å². The number of aryl methyl sites for hydroxylation is 1. The summed E-state index contributed by atoms with van der Waals surface area (Å²) in [7, 11) is 1.31. The van der Waals surface area contributed by atoms with Gasteiger partial charge in [-0.1, -0.05) is 11.3 Å². The van der Waals surface area contributed by atoms with Crippen LogP contribution in [0.4, 0.5) is 11.4 Å². The minimum Gasteiger partial charge on any atom is -0.490 e. The lowest BCUT2D eigenvalue weighted by atomic mass is 10.3. The van der Waals surface area contributed by atoms with Crippen molar-refractivity contribution in [1.82, 2.24) is 4.57 Å². The van der Waals surface area contributed by atoms with E-state index in [1.165, 1.54) is 25.3 Å². The summed E-state index contributed by atoms with van der Waals surface area (Å²) in [6.45, 7) is 2.19. The van der Waals surface area contributed by atoms with Crippen LogP contribution in [0.15, 0.2) is 41.2 Å². The Bertz CT molecular complexity index is 1100. The fourth-order valence-corrected chi connectivity index (χ4v) is 3.68. The second kappa shape index (κ2) is 8.09. The zero-order valence-electron chi connectivity index (χ0n) is 15.1. The Labute approximate surface area is 163 Å². The van der Waals surface area contributed by atoms with Crippen molar-refractivity contribution in [3.63, 3.8) is 0 Å². The molecule has 3 aromatic rings. The van der Waals surface area contributed by atoms with Gasteiger partial charge >= 0.3 is 10.6 Å². The van der Waals surface area contributed by atoms with Crippen LogP contribution in [0.3, 0.4) is 0 Å². The second-order valence-corrected chi connectivity index (χ2v) is 6.72. The highest BCUT2D eigenvalue weighted by molar-refractivity contribution is 7.16. The van der Waals surface area contributed by atoms with Gasteiger partial charge in [0.05, 0.1) is 22.2 Å². The Hall–Kier alpha value is -3.40. The number of anilines is 1. The maximum Gasteiger partial charge on any atom is 0.311 e. The molecule has 1 N–H and O–H groups in total. The molecule has 2 aromatic carbocycles. The third-order valence-corrected chi connectivity index (χ3v) is 4.93. The van der Waals surface area contributed by atoms with Gasteiger partial charge in [-0.15, -0.1) is 0 Å². The van der Waals surface area contributed by atoms with Gasteiger partial charge in [0.2, 0.25) is 5.75 Å². The van der Waals surface area contributed by atoms with Crippen LogP contribution in [-0.2, 0) is 11.3 Å². The van der Waals surface area contributed by atoms with E-state index in [2.05, 4.69) is 5.32 Å². The largest absolute Gasteiger partial charge is 0.490 e. The number of aromatic nitrogens is 1. The highest BCUT2D eigenvalue weighted by atomic mass is 32.1. The van der Waals surface area contributed by atoms with E-state index in [9.17, 15) is 19.7 Å². The number of nitrogens with one attached hydrogen (secondary N) is 1. The zero-order valence-corrected chi connectivity index (χ0v) is 15.9. The Morgan fingerprint density at radius 3 is 2.75 bits per heavy atom. The van der Waals surface area contributed by atoms with E-state index < -0.39 is 10.8 Å². The average Bonchev–Trinajstić information content (AvgIpc) is 3.00. The normalized spacial score (nSPS) is 10.6. The summed E-state index contributed by atoms with van der Waals surface area (Å²) < 4.78 is 12.8. The van der Waals surface area contributed by atoms with E-state index in [1.54, 1.807) is 22.8 Å². The van der Waals surface area contributed by atoms with Crippen LogP contribution in [0.5, 0.6) is 11.5 Å². The highest BCUT2D eigenvalue weighted by Crippen LogP contribution is 2.30. The molecule has 0 atom stereocenters. The number of amides is 1. The average molecular weight is 403 g/mol. The molecule has 1 heterocycles. The van der Waals surface area contributed by atoms with Gasteiger partial charge in [0.25, 0.3) is 5.91 Å². The van der Waals surface area contributed by atoms with Crippen LogP contribution in [-0.4, -0.2) is 29.1 Å². The third kappa shape index (κ3) is 3.96. The Morgan fingerprint density at radius 1 is 1.29 bits per heavy atom. The monoisotopic (exact) mass is 403 g/mol. The molecule has 0 aliphatic rings. The zero-order chi connectivity index (χ0) is 20.3. The van der Waals surface area contributed by atoms with Crippen LogP contribution in [0.1, 0.15) is 6.92 Å². The van der Waals surface area contributed by atoms with E-state index in [-0.39, 0.29) is 28.7 Å². The molecule has 0 saturated heterocycles. The topological polar surface area (TPSA) is 113 Å². The van der Waals surface area contributed by atoms with E-state index in [0.29, 0.717) is 12.2 Å². The first kappa shape index (κ1) is 19.4. The molecule has 10 heteroatoms. The number of benzene rings is 2. The summed E-state index contributed by atoms with van der Waals surface area (Å²) in [6, 6.07) is 9.23. The van der Waals surface area contributed by atoms with Crippen molar-refractivity contribution in [3.8, 4) is 11.5 Å². The maximum absolute atomic E-state index is 12.1. The summed E-state index contributed by atoms with van der Waals surface area (Å²) in [6.07, 6.45) is 0. The number of ether oxygens (including phenoxy) is 2. The summed E-state index contributed by atoms with van der Waals surface area (Å²) in [4.78, 5) is 34.3. The molecule has 0 fully saturated rings. The standard InChI is InChI=1S/C18H17N3O6S/c1-3-20-14-6-4-11(8-16(14)28-18(20)23)19-17(22)10-27-12-5-7-13(21(24)25)15(9-12)26-2/h4-9H,3,10H2,1-2H3,(H,19,22). The van der Waals surface area contributed by atoms with Gasteiger partial charge in [-0.25, -0.2) is 0 Å². The maximum atomic E-state index is 12.1. The van der Waals surface area contributed by atoms with Crippen molar-refractivity contribution in [2.24, 2.45) is 0 Å². The van der Waals surface area contributed by atoms with Crippen molar-refractivity contribution in [2.45, 2.75) is 13.5 Å². The Morgan fingerprint density at radius 2 is 2.07 bits per heavy atom. The van der Waals surface area contributed by atoms with Crippen LogP contribution < -0.4 is 19.7 Å². The number of hydrogen-bond donors (Lipinski definition) is 1. The highest BCUT2D eigenvalue weighted by Gasteiger charge is 2.16. The molecule has 0 saturated carbocycles. The first-order valence-corrected chi connectivity index (χ1v) is 9.13. The molecule has 0 aliphatic carbocycles. The molecule has 0 unspecified atom stereocenters. The fourth-order valence-electron chi connectivity index (χ4n) is 2.69. The van der Waals surface area contributed by atoms with Gasteiger partial charge in [-0.2, -0.15) is 0 Å². The molecule has 3 rings (SSSR count). The van der Waals surface area contributed by atoms with Gasteiger partial charge in [0.15, 0.2) is 6.61 Å². The predicted octanol–water partition coefficient (Wildman–Crippen LogP) is 3.02. The SMILES string of the molecule is CCn1c(=O)sc2cc(NC(=O)COc3ccc([N+](=O)[O-])c(OC)c3)ccc21. The molecule has 146 valence electrons. The van der Waals surface area contributed by atoms with Crippen molar-refractivity contribution in [2.75, 3.05) is 19.0 Å². The Balaban J connectivity index is 1.67. The van der Waals surface area contributed by atoms with Crippen LogP contribution in [0.25, 0.3) is 10.2 Å². The number of carbonyl (C=O) groups excluding carboxylic acids is 1. The minimum absolute atomic E-state index is 0.0450. The molecule has 28 heavy (non-hydrogen) atoms. The molecule has 9 nitrogen and oxygen atoms in total. The van der Waals surface area contributed by atoms with E-state index in [4.69, 9.17) is 9.47 Å². The number of nitrogens with zero attached hydrogens (tertiary/aromatic N) is 2. The predicted molar refractivity (Wildman–Crippen MR) is 106 cm³/mol. The summed E-state index contributed by atoms with van der Waals surface area (Å²) in [5.74, 6) is -0.0889. The number of thiazole rings is 1. The third-order valence-electron chi connectivity index (χ3n) is 3.99. The van der Waals surface area contributed by atoms with Gasteiger partial charge in [0.1, 0.15) is 5.75 Å². The first-order valence-electron chi connectivity index (χ1n) is 8.31. The molecule has 0 bridgehead atoms. The molecule has 1 aromatic heterocycles. The van der Waals surface area contributed by atoms with Crippen LogP contribution >= 0.6 is 11.3 Å². The molecular formula is C18H17N3O6S. The molecule has 0 radical (unpaired) electrons. The fraction of sp³-hybridized carbons (Fsp3) is 0.222. The lowest BCUT2D eigenvalue weighted by Crippen LogP contribution is -2.20. The number of rotatable bonds is 7. The van der Waals surface area contributed by atoms with Crippen LogP contribution in [0, 0.1) is 10.1 Å². The van der Waals surface area contributed by atoms with E-state index in [0.717, 1.165) is 21.6 Å². The van der Waals surface area contributed by atoms with Crippen molar-refractivity contribution >= 4 is 38.8 Å². The number of carbonyl (C=O) groups is 1. The van der Waals surface area contributed by atoms with Gasteiger partial charge in [-0.05, 0) is 31.2 Å². The van der Waals surface area contributed by atoms with E-state index in [1.807, 2.05) is 6.92 Å². The number of hydrogen-bond acceptors (Lipinski definition) is 7. The van der Waals surface area contributed by atoms with Gasteiger partial charge in [0, 0.05) is 24.4 Å². The minimum atomic E-state index is -0.564. The molecule has 0 spiro atoms. The lowest BCUT2D eigenvalue weighted by Gasteiger charge is -2.09. The lowest BCUT2D eigenvalue weighted by molar-refractivity contribution is -0.385. The van der Waals surface area contributed by atoms with Gasteiger partial charge < -0.3 is 14.8 Å². The quantitative estimate of drug-likeness (QED) is 0.479. The number of nitro benzene ring substituents is 1. The molecular weight excluding hydrogens is 386 g/mol. The summed E-state index contributed by atoms with van der Waals surface area (Å²) in [5, 5.41) is 13.6. The smallest absolute Gasteiger partial charge is 0.311 e. The van der Waals surface area contributed by atoms with E-state index >= 15 is 0 Å². The second-order valence-electron chi connectivity index (χ2n) is 5.72. The molecule has 0 aliphatic heterocycles. The van der Waals surface area contributed by atoms with Crippen LogP contribution in [0.2, 0.25) is 0 Å². The summed E-state index contributed by atoms with van der Waals surface area (Å²) >= 11 is 1.12. The van der Waals surface area contributed by atoms with Crippen molar-refractivity contribution in [3.05, 3.63) is 56.2 Å². The number of nitro groups is 1. The van der Waals surface area contributed by atoms with Crippen molar-refractivity contribution in [1.29, 1.82) is 0 Å². The first-order chi connectivity index (χ1) is 13.4.